The Labute approximate surface area is 128 Å². The molecule has 0 saturated carbocycles. The van der Waals surface area contributed by atoms with Crippen molar-refractivity contribution in [2.45, 2.75) is 70.3 Å². The number of carboxylic acids is 1. The van der Waals surface area contributed by atoms with Crippen molar-refractivity contribution in [3.8, 4) is 0 Å². The zero-order chi connectivity index (χ0) is 16.9. The molecule has 0 unspecified atom stereocenters. The van der Waals surface area contributed by atoms with Gasteiger partial charge in [0.1, 0.15) is 17.8 Å². The molecule has 2 saturated heterocycles. The van der Waals surface area contributed by atoms with E-state index >= 15 is 0 Å². The lowest BCUT2D eigenvalue weighted by molar-refractivity contribution is -0.175. The number of carbonyl (C=O) groups is 2. The molecule has 2 aliphatic heterocycles. The van der Waals surface area contributed by atoms with Crippen molar-refractivity contribution in [3.05, 3.63) is 0 Å². The first-order chi connectivity index (χ1) is 9.97. The lowest BCUT2D eigenvalue weighted by atomic mass is 10.1. The molecule has 2 aliphatic rings. The molecule has 2 rings (SSSR count). The summed E-state index contributed by atoms with van der Waals surface area (Å²) in [6.07, 6.45) is -2.37. The fraction of sp³-hybridized carbons (Fsp3) is 0.857. The molecule has 2 fully saturated rings. The summed E-state index contributed by atoms with van der Waals surface area (Å²) >= 11 is 0. The number of fused-ring (bicyclic) bond motifs is 1. The van der Waals surface area contributed by atoms with Gasteiger partial charge < -0.3 is 24.4 Å². The molecule has 0 radical (unpaired) electrons. The van der Waals surface area contributed by atoms with E-state index in [1.165, 1.54) is 0 Å². The van der Waals surface area contributed by atoms with E-state index in [-0.39, 0.29) is 0 Å². The number of ether oxygens (including phenoxy) is 3. The summed E-state index contributed by atoms with van der Waals surface area (Å²) in [5, 5.41) is 19.1. The number of aliphatic hydroxyl groups is 1. The highest BCUT2D eigenvalue weighted by Gasteiger charge is 2.62. The van der Waals surface area contributed by atoms with Gasteiger partial charge in [-0.3, -0.25) is 4.90 Å². The van der Waals surface area contributed by atoms with E-state index in [9.17, 15) is 19.8 Å². The summed E-state index contributed by atoms with van der Waals surface area (Å²) in [4.78, 5) is 25.0. The van der Waals surface area contributed by atoms with Gasteiger partial charge in [0, 0.05) is 0 Å². The van der Waals surface area contributed by atoms with Crippen LogP contribution >= 0.6 is 0 Å². The Hall–Kier alpha value is -1.38. The maximum Gasteiger partial charge on any atom is 0.411 e. The van der Waals surface area contributed by atoms with Crippen LogP contribution in [0.15, 0.2) is 0 Å². The van der Waals surface area contributed by atoms with Crippen LogP contribution in [0.5, 0.6) is 0 Å². The molecule has 1 amide bonds. The molecule has 2 N–H and O–H groups in total. The Kier molecular flexibility index (Phi) is 4.14. The molecule has 0 aromatic carbocycles. The van der Waals surface area contributed by atoms with Gasteiger partial charge in [0.25, 0.3) is 0 Å². The Bertz CT molecular complexity index is 470. The molecular weight excluding hydrogens is 294 g/mol. The second-order valence-electron chi connectivity index (χ2n) is 6.99. The average molecular weight is 317 g/mol. The number of hydrogen-bond donors (Lipinski definition) is 2. The summed E-state index contributed by atoms with van der Waals surface area (Å²) < 4.78 is 16.6. The van der Waals surface area contributed by atoms with Gasteiger partial charge in [-0.25, -0.2) is 9.59 Å². The van der Waals surface area contributed by atoms with E-state index in [0.29, 0.717) is 0 Å². The third-order valence-corrected chi connectivity index (χ3v) is 3.56. The van der Waals surface area contributed by atoms with Crippen LogP contribution in [-0.4, -0.2) is 69.5 Å². The highest BCUT2D eigenvalue weighted by molar-refractivity contribution is 5.82. The average Bonchev–Trinajstić information content (AvgIpc) is 2.75. The van der Waals surface area contributed by atoms with E-state index in [1.54, 1.807) is 34.6 Å². The normalized spacial score (nSPS) is 33.6. The van der Waals surface area contributed by atoms with E-state index in [4.69, 9.17) is 14.2 Å². The van der Waals surface area contributed by atoms with Crippen molar-refractivity contribution in [1.82, 2.24) is 4.90 Å². The summed E-state index contributed by atoms with van der Waals surface area (Å²) in [6, 6.07) is -2.10. The lowest BCUT2D eigenvalue weighted by Gasteiger charge is -2.33. The van der Waals surface area contributed by atoms with Gasteiger partial charge in [0.15, 0.2) is 11.8 Å². The Morgan fingerprint density at radius 1 is 1.23 bits per heavy atom. The van der Waals surface area contributed by atoms with Gasteiger partial charge in [0.2, 0.25) is 0 Å². The highest BCUT2D eigenvalue weighted by atomic mass is 16.8. The minimum atomic E-state index is -1.27. The maximum absolute atomic E-state index is 12.4. The first-order valence-electron chi connectivity index (χ1n) is 7.17. The lowest BCUT2D eigenvalue weighted by Crippen LogP contribution is -2.52. The Balaban J connectivity index is 2.32. The van der Waals surface area contributed by atoms with Crippen molar-refractivity contribution in [2.75, 3.05) is 6.61 Å². The number of rotatable bonds is 2. The van der Waals surface area contributed by atoms with Crippen LogP contribution in [0.4, 0.5) is 4.79 Å². The summed E-state index contributed by atoms with van der Waals surface area (Å²) in [5.41, 5.74) is -0.779. The minimum absolute atomic E-state index is 0.441. The quantitative estimate of drug-likeness (QED) is 0.767. The monoisotopic (exact) mass is 317 g/mol. The van der Waals surface area contributed by atoms with Crippen LogP contribution in [0.25, 0.3) is 0 Å². The zero-order valence-corrected chi connectivity index (χ0v) is 13.4. The Morgan fingerprint density at radius 2 is 1.77 bits per heavy atom. The standard InChI is InChI=1S/C14H23NO7/c1-13(2,3)22-12(19)15-7(6-16)9-10(8(15)11(17)18)21-14(4,5)20-9/h7-10,16H,6H2,1-5H3,(H,17,18)/t7-,8-,9-,10+/m1/s1. The van der Waals surface area contributed by atoms with Gasteiger partial charge in [-0.05, 0) is 34.6 Å². The maximum atomic E-state index is 12.4. The fourth-order valence-electron chi connectivity index (χ4n) is 2.90. The van der Waals surface area contributed by atoms with Gasteiger partial charge in [-0.2, -0.15) is 0 Å². The number of amides is 1. The van der Waals surface area contributed by atoms with Crippen LogP contribution < -0.4 is 0 Å². The second kappa shape index (κ2) is 5.36. The van der Waals surface area contributed by atoms with Crippen molar-refractivity contribution < 1.29 is 34.0 Å². The first kappa shape index (κ1) is 17.0. The smallest absolute Gasteiger partial charge is 0.411 e. The number of carbonyl (C=O) groups excluding carboxylic acids is 1. The fourth-order valence-corrected chi connectivity index (χ4v) is 2.90. The van der Waals surface area contributed by atoms with Crippen LogP contribution in [0.3, 0.4) is 0 Å². The third kappa shape index (κ3) is 3.04. The molecule has 8 heteroatoms. The zero-order valence-electron chi connectivity index (χ0n) is 13.4. The largest absolute Gasteiger partial charge is 0.480 e. The molecule has 2 heterocycles. The number of likely N-dealkylation sites (tertiary alicyclic amines) is 1. The summed E-state index contributed by atoms with van der Waals surface area (Å²) in [7, 11) is 0. The third-order valence-electron chi connectivity index (χ3n) is 3.56. The van der Waals surface area contributed by atoms with Crippen molar-refractivity contribution in [1.29, 1.82) is 0 Å². The molecule has 0 spiro atoms. The van der Waals surface area contributed by atoms with E-state index in [0.717, 1.165) is 4.90 Å². The molecule has 126 valence electrons. The number of aliphatic carboxylic acids is 1. The topological polar surface area (TPSA) is 106 Å². The predicted molar refractivity (Wildman–Crippen MR) is 74.2 cm³/mol. The number of aliphatic hydroxyl groups excluding tert-OH is 1. The van der Waals surface area contributed by atoms with Crippen LogP contribution in [0, 0.1) is 0 Å². The molecule has 8 nitrogen and oxygen atoms in total. The van der Waals surface area contributed by atoms with E-state index in [1.807, 2.05) is 0 Å². The number of hydrogen-bond acceptors (Lipinski definition) is 6. The number of nitrogens with zero attached hydrogens (tertiary/aromatic N) is 1. The molecule has 0 aromatic rings. The summed E-state index contributed by atoms with van der Waals surface area (Å²) in [6.45, 7) is 7.93. The molecule has 0 aromatic heterocycles. The Morgan fingerprint density at radius 3 is 2.23 bits per heavy atom. The molecular formula is C14H23NO7. The van der Waals surface area contributed by atoms with E-state index < -0.39 is 54.3 Å². The highest BCUT2D eigenvalue weighted by Crippen LogP contribution is 2.41. The minimum Gasteiger partial charge on any atom is -0.480 e. The van der Waals surface area contributed by atoms with Crippen molar-refractivity contribution in [2.24, 2.45) is 0 Å². The van der Waals surface area contributed by atoms with Crippen LogP contribution in [0.1, 0.15) is 34.6 Å². The number of carboxylic acid groups (broad SMARTS) is 1. The van der Waals surface area contributed by atoms with Gasteiger partial charge in [-0.1, -0.05) is 0 Å². The van der Waals surface area contributed by atoms with Crippen LogP contribution in [0.2, 0.25) is 0 Å². The van der Waals surface area contributed by atoms with Gasteiger partial charge in [-0.15, -0.1) is 0 Å². The molecule has 22 heavy (non-hydrogen) atoms. The molecule has 0 bridgehead atoms. The molecule has 4 atom stereocenters. The van der Waals surface area contributed by atoms with Gasteiger partial charge in [0.05, 0.1) is 12.6 Å². The summed E-state index contributed by atoms with van der Waals surface area (Å²) in [5.74, 6) is -2.19. The van der Waals surface area contributed by atoms with Crippen LogP contribution in [-0.2, 0) is 19.0 Å². The predicted octanol–water partition coefficient (Wildman–Crippen LogP) is 0.571. The molecule has 0 aliphatic carbocycles. The van der Waals surface area contributed by atoms with E-state index in [2.05, 4.69) is 0 Å². The second-order valence-corrected chi connectivity index (χ2v) is 6.99. The first-order valence-corrected chi connectivity index (χ1v) is 7.17. The van der Waals surface area contributed by atoms with Crippen molar-refractivity contribution in [3.63, 3.8) is 0 Å². The van der Waals surface area contributed by atoms with Gasteiger partial charge >= 0.3 is 12.1 Å². The van der Waals surface area contributed by atoms with Crippen molar-refractivity contribution >= 4 is 12.1 Å². The SMILES string of the molecule is CC(C)(C)OC(=O)N1[C@H](CO)[C@H]2OC(C)(C)O[C@H]2[C@@H]1C(=O)O.